The summed E-state index contributed by atoms with van der Waals surface area (Å²) in [6.07, 6.45) is 3.63. The summed E-state index contributed by atoms with van der Waals surface area (Å²) in [4.78, 5) is 28.1. The Morgan fingerprint density at radius 1 is 1.21 bits per heavy atom. The van der Waals surface area contributed by atoms with Gasteiger partial charge in [-0.05, 0) is 58.7 Å². The lowest BCUT2D eigenvalue weighted by Gasteiger charge is -2.26. The van der Waals surface area contributed by atoms with Crippen LogP contribution in [0.5, 0.6) is 5.75 Å². The van der Waals surface area contributed by atoms with Crippen LogP contribution in [0.1, 0.15) is 55.9 Å². The molecule has 1 aromatic heterocycles. The monoisotopic (exact) mass is 398 g/mol. The van der Waals surface area contributed by atoms with Crippen LogP contribution in [0.4, 0.5) is 0 Å². The molecule has 0 saturated carbocycles. The number of amides is 1. The van der Waals surface area contributed by atoms with E-state index in [4.69, 9.17) is 0 Å². The van der Waals surface area contributed by atoms with Crippen LogP contribution in [0.25, 0.3) is 10.9 Å². The van der Waals surface area contributed by atoms with E-state index in [1.165, 1.54) is 0 Å². The van der Waals surface area contributed by atoms with Crippen LogP contribution in [0, 0.1) is 21.4 Å². The number of fused-ring (bicyclic) bond motifs is 1. The highest BCUT2D eigenvalue weighted by atomic mass is 16.3. The van der Waals surface area contributed by atoms with Crippen molar-refractivity contribution in [2.24, 2.45) is 0 Å². The normalized spacial score (nSPS) is 17.7. The highest BCUT2D eigenvalue weighted by Crippen LogP contribution is 2.28. The zero-order valence-corrected chi connectivity index (χ0v) is 17.6. The maximum atomic E-state index is 13.0. The zero-order valence-electron chi connectivity index (χ0n) is 17.6. The number of hydrogen-bond acceptors (Lipinski definition) is 4. The molecule has 1 aliphatic rings. The van der Waals surface area contributed by atoms with E-state index in [0.29, 0.717) is 10.9 Å². The smallest absolute Gasteiger partial charge is 0.267 e. The van der Waals surface area contributed by atoms with Crippen molar-refractivity contribution in [3.8, 4) is 5.75 Å². The van der Waals surface area contributed by atoms with Crippen molar-refractivity contribution in [1.82, 2.24) is 14.8 Å². The SMILES string of the molecule is CC(C)n1c(=O)c(C(=O)NC2CCC[CH]N(C)CC2)c(O)c2ccccc21.[CH2].[CH2]. The summed E-state index contributed by atoms with van der Waals surface area (Å²) in [7, 11) is 2.03. The molecule has 5 radical (unpaired) electrons. The number of carbonyl (C=O) groups is 1. The first-order valence-corrected chi connectivity index (χ1v) is 9.60. The van der Waals surface area contributed by atoms with Gasteiger partial charge in [0, 0.05) is 30.6 Å². The fourth-order valence-electron chi connectivity index (χ4n) is 3.74. The number of benzene rings is 1. The first-order chi connectivity index (χ1) is 12.9. The van der Waals surface area contributed by atoms with Gasteiger partial charge in [-0.15, -0.1) is 0 Å². The number of carbonyl (C=O) groups excluding carboxylic acids is 1. The molecule has 1 saturated heterocycles. The van der Waals surface area contributed by atoms with Crippen LogP contribution >= 0.6 is 0 Å². The Labute approximate surface area is 174 Å². The molecule has 2 N–H and O–H groups in total. The van der Waals surface area contributed by atoms with E-state index in [0.717, 1.165) is 32.2 Å². The Morgan fingerprint density at radius 2 is 1.90 bits per heavy atom. The van der Waals surface area contributed by atoms with Gasteiger partial charge in [0.15, 0.2) is 0 Å². The van der Waals surface area contributed by atoms with Crippen molar-refractivity contribution in [2.45, 2.75) is 51.6 Å². The Bertz CT molecular complexity index is 889. The second-order valence-corrected chi connectivity index (χ2v) is 7.56. The van der Waals surface area contributed by atoms with E-state index in [-0.39, 0.29) is 38.2 Å². The fraction of sp³-hybridized carbons (Fsp3) is 0.435. The van der Waals surface area contributed by atoms with Gasteiger partial charge in [-0.3, -0.25) is 9.59 Å². The molecule has 1 atom stereocenters. The third-order valence-corrected chi connectivity index (χ3v) is 5.19. The predicted octanol–water partition coefficient (Wildman–Crippen LogP) is 3.71. The van der Waals surface area contributed by atoms with Gasteiger partial charge in [0.1, 0.15) is 11.3 Å². The minimum absolute atomic E-state index is 0. The van der Waals surface area contributed by atoms with Crippen LogP contribution in [-0.2, 0) is 0 Å². The molecule has 29 heavy (non-hydrogen) atoms. The van der Waals surface area contributed by atoms with Gasteiger partial charge in [0.25, 0.3) is 11.5 Å². The second-order valence-electron chi connectivity index (χ2n) is 7.56. The fourth-order valence-corrected chi connectivity index (χ4v) is 3.74. The highest BCUT2D eigenvalue weighted by Gasteiger charge is 2.25. The molecule has 0 bridgehead atoms. The van der Waals surface area contributed by atoms with Gasteiger partial charge in [0.05, 0.1) is 5.52 Å². The Morgan fingerprint density at radius 3 is 2.59 bits per heavy atom. The molecule has 2 heterocycles. The van der Waals surface area contributed by atoms with Crippen LogP contribution in [0.15, 0.2) is 29.1 Å². The third kappa shape index (κ3) is 5.18. The molecule has 1 unspecified atom stereocenters. The molecule has 0 aliphatic carbocycles. The number of para-hydroxylation sites is 1. The molecule has 1 fully saturated rings. The van der Waals surface area contributed by atoms with Crippen molar-refractivity contribution >= 4 is 16.8 Å². The van der Waals surface area contributed by atoms with Crippen LogP contribution in [0.3, 0.4) is 0 Å². The topological polar surface area (TPSA) is 74.6 Å². The predicted molar refractivity (Wildman–Crippen MR) is 118 cm³/mol. The van der Waals surface area contributed by atoms with E-state index >= 15 is 0 Å². The first kappa shape index (κ1) is 24.7. The van der Waals surface area contributed by atoms with Crippen molar-refractivity contribution in [3.63, 3.8) is 0 Å². The summed E-state index contributed by atoms with van der Waals surface area (Å²) in [6.45, 7) is 6.82. The van der Waals surface area contributed by atoms with Crippen LogP contribution in [-0.4, -0.2) is 40.1 Å². The average Bonchev–Trinajstić information content (AvgIpc) is 2.61. The lowest BCUT2D eigenvalue weighted by atomic mass is 10.0. The molecule has 157 valence electrons. The number of hydrogen-bond donors (Lipinski definition) is 2. The summed E-state index contributed by atoms with van der Waals surface area (Å²) < 4.78 is 1.57. The summed E-state index contributed by atoms with van der Waals surface area (Å²) >= 11 is 0. The summed E-state index contributed by atoms with van der Waals surface area (Å²) in [5.41, 5.74) is 0.0223. The molecular formula is C23H32N3O3. The summed E-state index contributed by atoms with van der Waals surface area (Å²) in [6, 6.07) is 7.01. The van der Waals surface area contributed by atoms with E-state index in [1.54, 1.807) is 22.8 Å². The molecule has 3 rings (SSSR count). The average molecular weight is 399 g/mol. The number of nitrogens with zero attached hydrogens (tertiary/aromatic N) is 2. The maximum absolute atomic E-state index is 13.0. The number of aromatic nitrogens is 1. The first-order valence-electron chi connectivity index (χ1n) is 9.60. The third-order valence-electron chi connectivity index (χ3n) is 5.19. The lowest BCUT2D eigenvalue weighted by molar-refractivity contribution is 0.0923. The van der Waals surface area contributed by atoms with Gasteiger partial charge in [-0.1, -0.05) is 27.0 Å². The molecule has 1 aliphatic heterocycles. The quantitative estimate of drug-likeness (QED) is 0.827. The molecular weight excluding hydrogens is 366 g/mol. The maximum Gasteiger partial charge on any atom is 0.267 e. The zero-order chi connectivity index (χ0) is 19.6. The minimum atomic E-state index is -0.491. The number of aromatic hydroxyl groups is 1. The summed E-state index contributed by atoms with van der Waals surface area (Å²) in [5, 5.41) is 14.2. The minimum Gasteiger partial charge on any atom is -0.506 e. The van der Waals surface area contributed by atoms with Gasteiger partial charge in [0.2, 0.25) is 0 Å². The molecule has 1 amide bonds. The van der Waals surface area contributed by atoms with Crippen molar-refractivity contribution < 1.29 is 9.90 Å². The van der Waals surface area contributed by atoms with Crippen molar-refractivity contribution in [3.05, 3.63) is 61.6 Å². The Hall–Kier alpha value is -2.34. The summed E-state index contributed by atoms with van der Waals surface area (Å²) in [5.74, 6) is -0.726. The molecule has 6 nitrogen and oxygen atoms in total. The van der Waals surface area contributed by atoms with E-state index in [9.17, 15) is 14.7 Å². The number of rotatable bonds is 3. The number of pyridine rings is 1. The molecule has 2 aromatic rings. The lowest BCUT2D eigenvalue weighted by Crippen LogP contribution is -2.41. The van der Waals surface area contributed by atoms with E-state index in [2.05, 4.69) is 16.8 Å². The van der Waals surface area contributed by atoms with Gasteiger partial charge in [-0.25, -0.2) is 0 Å². The molecule has 1 aromatic carbocycles. The number of likely N-dealkylation sites (tertiary alicyclic amines) is 1. The van der Waals surface area contributed by atoms with Gasteiger partial charge < -0.3 is 19.9 Å². The van der Waals surface area contributed by atoms with Gasteiger partial charge >= 0.3 is 0 Å². The van der Waals surface area contributed by atoms with E-state index in [1.807, 2.05) is 27.0 Å². The standard InChI is InChI=1S/C21H28N3O3.2CH2/c1-14(2)24-17-10-5-4-9-16(17)19(25)18(21(24)27)20(26)22-15-8-6-7-12-23(3)13-11-15;;/h4-5,9-10,12,14-15,25H,6-8,11,13H2,1-3H3,(H,22,26);2*1H2. The van der Waals surface area contributed by atoms with Crippen molar-refractivity contribution in [1.29, 1.82) is 0 Å². The Balaban J connectivity index is 0.00000210. The Kier molecular flexibility index (Phi) is 8.89. The molecule has 6 heteroatoms. The van der Waals surface area contributed by atoms with Crippen LogP contribution in [0.2, 0.25) is 0 Å². The highest BCUT2D eigenvalue weighted by molar-refractivity contribution is 6.02. The molecule has 0 spiro atoms. The van der Waals surface area contributed by atoms with Crippen LogP contribution < -0.4 is 10.9 Å². The van der Waals surface area contributed by atoms with Crippen molar-refractivity contribution in [2.75, 3.05) is 13.6 Å². The largest absolute Gasteiger partial charge is 0.506 e. The van der Waals surface area contributed by atoms with E-state index < -0.39 is 11.5 Å². The second kappa shape index (κ2) is 10.4. The number of nitrogens with one attached hydrogen (secondary N) is 1. The van der Waals surface area contributed by atoms with Gasteiger partial charge in [-0.2, -0.15) is 0 Å².